The van der Waals surface area contributed by atoms with Gasteiger partial charge in [0.15, 0.2) is 5.78 Å². The molecule has 0 radical (unpaired) electrons. The van der Waals surface area contributed by atoms with E-state index in [0.29, 0.717) is 6.42 Å². The third-order valence-corrected chi connectivity index (χ3v) is 3.71. The molecule has 2 heteroatoms. The minimum Gasteiger partial charge on any atom is -0.491 e. The predicted octanol–water partition coefficient (Wildman–Crippen LogP) is 5.20. The average Bonchev–Trinajstić information content (AvgIpc) is 2.46. The molecule has 2 rings (SSSR count). The molecular weight excluding hydrogens is 284 g/mol. The summed E-state index contributed by atoms with van der Waals surface area (Å²) in [5, 5.41) is 0. The number of benzene rings is 2. The Kier molecular flexibility index (Phi) is 5.25. The zero-order valence-electron chi connectivity index (χ0n) is 14.7. The van der Waals surface area contributed by atoms with Gasteiger partial charge in [0, 0.05) is 12.0 Å². The summed E-state index contributed by atoms with van der Waals surface area (Å²) in [4.78, 5) is 12.5. The first-order valence-corrected chi connectivity index (χ1v) is 8.15. The van der Waals surface area contributed by atoms with Crippen LogP contribution in [0.2, 0.25) is 0 Å². The van der Waals surface area contributed by atoms with Gasteiger partial charge < -0.3 is 4.74 Å². The van der Waals surface area contributed by atoms with E-state index in [1.807, 2.05) is 62.4 Å². The molecule has 0 fully saturated rings. The molecule has 0 aliphatic heterocycles. The molecule has 2 aromatic rings. The van der Waals surface area contributed by atoms with Gasteiger partial charge in [-0.2, -0.15) is 0 Å². The zero-order chi connectivity index (χ0) is 17.0. The van der Waals surface area contributed by atoms with Gasteiger partial charge in [-0.1, -0.05) is 57.2 Å². The van der Waals surface area contributed by atoms with Crippen molar-refractivity contribution in [3.8, 4) is 5.75 Å². The normalized spacial score (nSPS) is 11.6. The Balaban J connectivity index is 2.10. The maximum Gasteiger partial charge on any atom is 0.167 e. The fourth-order valence-corrected chi connectivity index (χ4v) is 2.44. The Morgan fingerprint density at radius 1 is 1.04 bits per heavy atom. The third-order valence-electron chi connectivity index (χ3n) is 3.71. The van der Waals surface area contributed by atoms with E-state index in [0.717, 1.165) is 16.9 Å². The first-order valence-electron chi connectivity index (χ1n) is 8.15. The number of rotatable bonds is 5. The standard InChI is InChI=1S/C21H26O2/c1-15(2)23-19-8-6-7-16(13-19)14-20(22)17-9-11-18(12-10-17)21(3,4)5/h6-13,15H,14H2,1-5H3. The van der Waals surface area contributed by atoms with E-state index in [2.05, 4.69) is 20.8 Å². The Morgan fingerprint density at radius 3 is 2.26 bits per heavy atom. The summed E-state index contributed by atoms with van der Waals surface area (Å²) in [7, 11) is 0. The van der Waals surface area contributed by atoms with Gasteiger partial charge in [-0.3, -0.25) is 4.79 Å². The van der Waals surface area contributed by atoms with Crippen molar-refractivity contribution < 1.29 is 9.53 Å². The summed E-state index contributed by atoms with van der Waals surface area (Å²) < 4.78 is 5.68. The molecule has 0 aliphatic carbocycles. The van der Waals surface area contributed by atoms with Crippen LogP contribution in [0.4, 0.5) is 0 Å². The van der Waals surface area contributed by atoms with Crippen molar-refractivity contribution in [2.75, 3.05) is 0 Å². The quantitative estimate of drug-likeness (QED) is 0.710. The Labute approximate surface area is 139 Å². The predicted molar refractivity (Wildman–Crippen MR) is 95.4 cm³/mol. The molecule has 0 bridgehead atoms. The van der Waals surface area contributed by atoms with Crippen LogP contribution in [0.5, 0.6) is 5.75 Å². The molecule has 0 saturated heterocycles. The monoisotopic (exact) mass is 310 g/mol. The lowest BCUT2D eigenvalue weighted by atomic mass is 9.86. The van der Waals surface area contributed by atoms with E-state index in [-0.39, 0.29) is 17.3 Å². The van der Waals surface area contributed by atoms with Gasteiger partial charge in [0.25, 0.3) is 0 Å². The number of ketones is 1. The first-order chi connectivity index (χ1) is 10.8. The summed E-state index contributed by atoms with van der Waals surface area (Å²) in [6, 6.07) is 15.7. The van der Waals surface area contributed by atoms with Crippen molar-refractivity contribution in [1.29, 1.82) is 0 Å². The molecule has 2 nitrogen and oxygen atoms in total. The Hall–Kier alpha value is -2.09. The Bertz CT molecular complexity index is 661. The second kappa shape index (κ2) is 6.99. The summed E-state index contributed by atoms with van der Waals surface area (Å²) in [5.41, 5.74) is 3.08. The highest BCUT2D eigenvalue weighted by molar-refractivity contribution is 5.97. The second-order valence-corrected chi connectivity index (χ2v) is 7.24. The van der Waals surface area contributed by atoms with Crippen molar-refractivity contribution in [1.82, 2.24) is 0 Å². The highest BCUT2D eigenvalue weighted by Crippen LogP contribution is 2.23. The third kappa shape index (κ3) is 4.95. The van der Waals surface area contributed by atoms with Gasteiger partial charge in [0.05, 0.1) is 6.10 Å². The highest BCUT2D eigenvalue weighted by Gasteiger charge is 2.14. The van der Waals surface area contributed by atoms with E-state index in [4.69, 9.17) is 4.74 Å². The number of carbonyl (C=O) groups is 1. The lowest BCUT2D eigenvalue weighted by Crippen LogP contribution is -2.11. The number of hydrogen-bond acceptors (Lipinski definition) is 2. The second-order valence-electron chi connectivity index (χ2n) is 7.24. The molecule has 0 atom stereocenters. The minimum absolute atomic E-state index is 0.101. The maximum atomic E-state index is 12.5. The van der Waals surface area contributed by atoms with Crippen molar-refractivity contribution in [2.45, 2.75) is 52.6 Å². The van der Waals surface area contributed by atoms with Crippen LogP contribution in [0.3, 0.4) is 0 Å². The van der Waals surface area contributed by atoms with Gasteiger partial charge in [-0.05, 0) is 42.5 Å². The van der Waals surface area contributed by atoms with Gasteiger partial charge in [0.2, 0.25) is 0 Å². The van der Waals surface area contributed by atoms with Crippen LogP contribution in [0.15, 0.2) is 48.5 Å². The number of ether oxygens (including phenoxy) is 1. The summed E-state index contributed by atoms with van der Waals surface area (Å²) in [6.45, 7) is 10.5. The highest BCUT2D eigenvalue weighted by atomic mass is 16.5. The summed E-state index contributed by atoms with van der Waals surface area (Å²) in [6.07, 6.45) is 0.523. The lowest BCUT2D eigenvalue weighted by Gasteiger charge is -2.19. The molecule has 0 amide bonds. The minimum atomic E-state index is 0.101. The zero-order valence-corrected chi connectivity index (χ0v) is 14.7. The van der Waals surface area contributed by atoms with Gasteiger partial charge in [-0.15, -0.1) is 0 Å². The van der Waals surface area contributed by atoms with Crippen LogP contribution in [-0.4, -0.2) is 11.9 Å². The van der Waals surface area contributed by atoms with Crippen LogP contribution in [0.1, 0.15) is 56.1 Å². The lowest BCUT2D eigenvalue weighted by molar-refractivity contribution is 0.0993. The van der Waals surface area contributed by atoms with Gasteiger partial charge in [-0.25, -0.2) is 0 Å². The number of Topliss-reactive ketones (excluding diaryl/α,β-unsaturated/α-hetero) is 1. The van der Waals surface area contributed by atoms with E-state index >= 15 is 0 Å². The van der Waals surface area contributed by atoms with Crippen LogP contribution in [-0.2, 0) is 11.8 Å². The smallest absolute Gasteiger partial charge is 0.167 e. The molecule has 0 saturated carbocycles. The number of carbonyl (C=O) groups excluding carboxylic acids is 1. The van der Waals surface area contributed by atoms with E-state index in [1.54, 1.807) is 0 Å². The van der Waals surface area contributed by atoms with E-state index < -0.39 is 0 Å². The van der Waals surface area contributed by atoms with E-state index in [9.17, 15) is 4.79 Å². The average molecular weight is 310 g/mol. The fourth-order valence-electron chi connectivity index (χ4n) is 2.44. The molecule has 0 aliphatic rings. The fraction of sp³-hybridized carbons (Fsp3) is 0.381. The summed E-state index contributed by atoms with van der Waals surface area (Å²) >= 11 is 0. The van der Waals surface area contributed by atoms with Gasteiger partial charge in [0.1, 0.15) is 5.75 Å². The molecule has 23 heavy (non-hydrogen) atoms. The SMILES string of the molecule is CC(C)Oc1cccc(CC(=O)c2ccc(C(C)(C)C)cc2)c1. The largest absolute Gasteiger partial charge is 0.491 e. The molecule has 2 aromatic carbocycles. The maximum absolute atomic E-state index is 12.5. The van der Waals surface area contributed by atoms with Crippen LogP contribution >= 0.6 is 0 Å². The molecule has 0 heterocycles. The molecule has 0 aromatic heterocycles. The van der Waals surface area contributed by atoms with Crippen LogP contribution < -0.4 is 4.74 Å². The first kappa shape index (κ1) is 17.3. The van der Waals surface area contributed by atoms with Crippen LogP contribution in [0.25, 0.3) is 0 Å². The van der Waals surface area contributed by atoms with Crippen molar-refractivity contribution in [3.05, 3.63) is 65.2 Å². The van der Waals surface area contributed by atoms with Crippen molar-refractivity contribution in [2.24, 2.45) is 0 Å². The molecular formula is C21H26O2. The van der Waals surface area contributed by atoms with Crippen molar-refractivity contribution in [3.63, 3.8) is 0 Å². The summed E-state index contributed by atoms with van der Waals surface area (Å²) in [5.74, 6) is 0.945. The molecule has 0 spiro atoms. The Morgan fingerprint density at radius 2 is 1.70 bits per heavy atom. The van der Waals surface area contributed by atoms with Gasteiger partial charge >= 0.3 is 0 Å². The van der Waals surface area contributed by atoms with Crippen LogP contribution in [0, 0.1) is 0 Å². The topological polar surface area (TPSA) is 26.3 Å². The van der Waals surface area contributed by atoms with E-state index in [1.165, 1.54) is 5.56 Å². The number of hydrogen-bond donors (Lipinski definition) is 0. The molecule has 122 valence electrons. The molecule has 0 N–H and O–H groups in total. The van der Waals surface area contributed by atoms with Crippen molar-refractivity contribution >= 4 is 5.78 Å². The molecule has 0 unspecified atom stereocenters.